The Bertz CT molecular complexity index is 693. The molecule has 1 amide bonds. The van der Waals surface area contributed by atoms with Crippen molar-refractivity contribution in [3.63, 3.8) is 0 Å². The zero-order chi connectivity index (χ0) is 16.9. The van der Waals surface area contributed by atoms with E-state index in [1.54, 1.807) is 18.2 Å². The highest BCUT2D eigenvalue weighted by molar-refractivity contribution is 6.39. The van der Waals surface area contributed by atoms with Crippen LogP contribution < -0.4 is 5.32 Å². The van der Waals surface area contributed by atoms with Crippen LogP contribution in [0.4, 0.5) is 11.6 Å². The summed E-state index contributed by atoms with van der Waals surface area (Å²) in [5.41, 5.74) is 1.04. The summed E-state index contributed by atoms with van der Waals surface area (Å²) in [5, 5.41) is 3.95. The molecule has 126 valence electrons. The van der Waals surface area contributed by atoms with Crippen LogP contribution in [0.3, 0.4) is 0 Å². The molecule has 0 unspecified atom stereocenters. The van der Waals surface area contributed by atoms with Gasteiger partial charge in [0, 0.05) is 25.5 Å². The third kappa shape index (κ3) is 3.97. The molecule has 7 heteroatoms. The molecule has 1 fully saturated rings. The van der Waals surface area contributed by atoms with E-state index in [9.17, 15) is 4.79 Å². The average Bonchev–Trinajstić information content (AvgIpc) is 2.88. The molecule has 0 atom stereocenters. The first-order chi connectivity index (χ1) is 11.6. The van der Waals surface area contributed by atoms with Crippen molar-refractivity contribution in [2.45, 2.75) is 25.7 Å². The standard InChI is InChI=1S/C17H18Cl2N4O/c18-13-6-5-7-14(19)15(13)22-17-20-10-12(11-21-17)16(24)23-8-3-1-2-4-9-23/h5-7,10-11H,1-4,8-9H2,(H,20,21,22). The second-order valence-corrected chi connectivity index (χ2v) is 6.54. The van der Waals surface area contributed by atoms with Crippen molar-refractivity contribution < 1.29 is 4.79 Å². The molecule has 1 aliphatic rings. The van der Waals surface area contributed by atoms with E-state index in [4.69, 9.17) is 23.2 Å². The Labute approximate surface area is 151 Å². The van der Waals surface area contributed by atoms with Gasteiger partial charge in [0.1, 0.15) is 0 Å². The zero-order valence-corrected chi connectivity index (χ0v) is 14.6. The lowest BCUT2D eigenvalue weighted by atomic mass is 10.2. The topological polar surface area (TPSA) is 58.1 Å². The van der Waals surface area contributed by atoms with Crippen LogP contribution in [-0.2, 0) is 0 Å². The fraction of sp³-hybridized carbons (Fsp3) is 0.353. The maximum atomic E-state index is 12.5. The minimum atomic E-state index is -0.0146. The van der Waals surface area contributed by atoms with Gasteiger partial charge in [-0.15, -0.1) is 0 Å². The summed E-state index contributed by atoms with van der Waals surface area (Å²) in [5.74, 6) is 0.330. The number of carbonyl (C=O) groups excluding carboxylic acids is 1. The molecule has 1 aromatic carbocycles. The van der Waals surface area contributed by atoms with E-state index in [1.165, 1.54) is 25.2 Å². The number of hydrogen-bond donors (Lipinski definition) is 1. The van der Waals surface area contributed by atoms with Crippen molar-refractivity contribution in [1.29, 1.82) is 0 Å². The summed E-state index contributed by atoms with van der Waals surface area (Å²) < 4.78 is 0. The molecule has 2 heterocycles. The lowest BCUT2D eigenvalue weighted by Crippen LogP contribution is -2.32. The molecule has 3 rings (SSSR count). The van der Waals surface area contributed by atoms with Crippen molar-refractivity contribution in [3.8, 4) is 0 Å². The number of hydrogen-bond acceptors (Lipinski definition) is 4. The number of rotatable bonds is 3. The maximum Gasteiger partial charge on any atom is 0.256 e. The summed E-state index contributed by atoms with van der Waals surface area (Å²) in [6.45, 7) is 1.60. The number of halogens is 2. The Morgan fingerprint density at radius 1 is 1.00 bits per heavy atom. The Kier molecular flexibility index (Phi) is 5.53. The Morgan fingerprint density at radius 3 is 2.17 bits per heavy atom. The van der Waals surface area contributed by atoms with Gasteiger partial charge in [0.15, 0.2) is 0 Å². The zero-order valence-electron chi connectivity index (χ0n) is 13.1. The van der Waals surface area contributed by atoms with Crippen LogP contribution >= 0.6 is 23.2 Å². The van der Waals surface area contributed by atoms with Gasteiger partial charge in [0.05, 0.1) is 21.3 Å². The van der Waals surface area contributed by atoms with Gasteiger partial charge in [-0.3, -0.25) is 4.79 Å². The SMILES string of the molecule is O=C(c1cnc(Nc2c(Cl)cccc2Cl)nc1)N1CCCCCC1. The van der Waals surface area contributed by atoms with E-state index < -0.39 is 0 Å². The molecule has 0 aliphatic carbocycles. The van der Waals surface area contributed by atoms with Gasteiger partial charge < -0.3 is 10.2 Å². The number of nitrogens with one attached hydrogen (secondary N) is 1. The first-order valence-corrected chi connectivity index (χ1v) is 8.73. The molecule has 1 aliphatic heterocycles. The maximum absolute atomic E-state index is 12.5. The molecular weight excluding hydrogens is 347 g/mol. The Hall–Kier alpha value is -1.85. The highest BCUT2D eigenvalue weighted by atomic mass is 35.5. The molecule has 2 aromatic rings. The van der Waals surface area contributed by atoms with Gasteiger partial charge in [0.2, 0.25) is 5.95 Å². The largest absolute Gasteiger partial charge is 0.339 e. The van der Waals surface area contributed by atoms with Crippen LogP contribution in [0.15, 0.2) is 30.6 Å². The summed E-state index contributed by atoms with van der Waals surface area (Å²) in [7, 11) is 0. The van der Waals surface area contributed by atoms with Crippen molar-refractivity contribution in [3.05, 3.63) is 46.2 Å². The molecule has 24 heavy (non-hydrogen) atoms. The molecule has 0 spiro atoms. The third-order valence-electron chi connectivity index (χ3n) is 3.99. The van der Waals surface area contributed by atoms with Crippen LogP contribution in [0.1, 0.15) is 36.0 Å². The number of aromatic nitrogens is 2. The van der Waals surface area contributed by atoms with E-state index in [-0.39, 0.29) is 5.91 Å². The van der Waals surface area contributed by atoms with Gasteiger partial charge in [-0.25, -0.2) is 9.97 Å². The van der Waals surface area contributed by atoms with Crippen LogP contribution in [0.5, 0.6) is 0 Å². The highest BCUT2D eigenvalue weighted by Crippen LogP contribution is 2.31. The van der Waals surface area contributed by atoms with Crippen LogP contribution in [0.2, 0.25) is 10.0 Å². The summed E-state index contributed by atoms with van der Waals surface area (Å²) in [6, 6.07) is 5.22. The summed E-state index contributed by atoms with van der Waals surface area (Å²) >= 11 is 12.2. The lowest BCUT2D eigenvalue weighted by Gasteiger charge is -2.20. The second-order valence-electron chi connectivity index (χ2n) is 5.72. The monoisotopic (exact) mass is 364 g/mol. The van der Waals surface area contributed by atoms with E-state index in [1.807, 2.05) is 4.90 Å². The van der Waals surface area contributed by atoms with Crippen LogP contribution in [0, 0.1) is 0 Å². The number of benzene rings is 1. The van der Waals surface area contributed by atoms with E-state index in [0.29, 0.717) is 27.2 Å². The lowest BCUT2D eigenvalue weighted by molar-refractivity contribution is 0.0761. The molecule has 1 aromatic heterocycles. The van der Waals surface area contributed by atoms with E-state index in [0.717, 1.165) is 25.9 Å². The molecule has 0 saturated carbocycles. The number of amides is 1. The van der Waals surface area contributed by atoms with Gasteiger partial charge in [-0.05, 0) is 25.0 Å². The highest BCUT2D eigenvalue weighted by Gasteiger charge is 2.18. The normalized spacial score (nSPS) is 15.0. The minimum Gasteiger partial charge on any atom is -0.339 e. The van der Waals surface area contributed by atoms with E-state index in [2.05, 4.69) is 15.3 Å². The molecule has 0 bridgehead atoms. The number of nitrogens with zero attached hydrogens (tertiary/aromatic N) is 3. The number of para-hydroxylation sites is 1. The van der Waals surface area contributed by atoms with E-state index >= 15 is 0 Å². The second kappa shape index (κ2) is 7.81. The van der Waals surface area contributed by atoms with Crippen molar-refractivity contribution >= 4 is 40.7 Å². The Balaban J connectivity index is 1.72. The molecule has 5 nitrogen and oxygen atoms in total. The third-order valence-corrected chi connectivity index (χ3v) is 4.62. The Morgan fingerprint density at radius 2 is 1.58 bits per heavy atom. The fourth-order valence-electron chi connectivity index (χ4n) is 2.69. The predicted octanol–water partition coefficient (Wildman–Crippen LogP) is 4.54. The number of anilines is 2. The average molecular weight is 365 g/mol. The van der Waals surface area contributed by atoms with Gasteiger partial charge >= 0.3 is 0 Å². The number of carbonyl (C=O) groups is 1. The van der Waals surface area contributed by atoms with Crippen LogP contribution in [-0.4, -0.2) is 33.9 Å². The van der Waals surface area contributed by atoms with Crippen molar-refractivity contribution in [2.24, 2.45) is 0 Å². The van der Waals surface area contributed by atoms with Gasteiger partial charge in [0.25, 0.3) is 5.91 Å². The first-order valence-electron chi connectivity index (χ1n) is 7.97. The smallest absolute Gasteiger partial charge is 0.256 e. The number of likely N-dealkylation sites (tertiary alicyclic amines) is 1. The summed E-state index contributed by atoms with van der Waals surface area (Å²) in [6.07, 6.45) is 7.54. The van der Waals surface area contributed by atoms with Gasteiger partial charge in [-0.1, -0.05) is 42.1 Å². The minimum absolute atomic E-state index is 0.0146. The molecule has 1 saturated heterocycles. The first kappa shape index (κ1) is 17.0. The molecular formula is C17H18Cl2N4O. The summed E-state index contributed by atoms with van der Waals surface area (Å²) in [4.78, 5) is 22.8. The molecule has 0 radical (unpaired) electrons. The quantitative estimate of drug-likeness (QED) is 0.867. The van der Waals surface area contributed by atoms with Crippen molar-refractivity contribution in [2.75, 3.05) is 18.4 Å². The molecule has 1 N–H and O–H groups in total. The predicted molar refractivity (Wildman–Crippen MR) is 96.1 cm³/mol. The fourth-order valence-corrected chi connectivity index (χ4v) is 3.18. The van der Waals surface area contributed by atoms with Gasteiger partial charge in [-0.2, -0.15) is 0 Å². The van der Waals surface area contributed by atoms with Crippen LogP contribution in [0.25, 0.3) is 0 Å². The van der Waals surface area contributed by atoms with Crippen molar-refractivity contribution in [1.82, 2.24) is 14.9 Å².